The summed E-state index contributed by atoms with van der Waals surface area (Å²) < 4.78 is 27.5. The molecule has 6 heteroatoms. The van der Waals surface area contributed by atoms with E-state index < -0.39 is 11.6 Å². The number of pyridine rings is 1. The normalized spacial score (nSPS) is 15.3. The first-order valence-electron chi connectivity index (χ1n) is 8.15. The van der Waals surface area contributed by atoms with Crippen LogP contribution in [0.15, 0.2) is 25.0 Å². The van der Waals surface area contributed by atoms with Crippen LogP contribution < -0.4 is 5.32 Å². The Balaban J connectivity index is 1.87. The van der Waals surface area contributed by atoms with Crippen LogP contribution >= 0.6 is 0 Å². The minimum absolute atomic E-state index is 0.176. The van der Waals surface area contributed by atoms with Crippen molar-refractivity contribution in [1.82, 2.24) is 15.0 Å². The molecular weight excluding hydrogens is 310 g/mol. The highest BCUT2D eigenvalue weighted by molar-refractivity contribution is 5.75. The Labute approximate surface area is 140 Å². The number of anilines is 1. The third kappa shape index (κ3) is 3.58. The fourth-order valence-electron chi connectivity index (χ4n) is 2.99. The quantitative estimate of drug-likeness (QED) is 0.910. The van der Waals surface area contributed by atoms with E-state index in [0.29, 0.717) is 16.8 Å². The second kappa shape index (κ2) is 7.03. The summed E-state index contributed by atoms with van der Waals surface area (Å²) in [5, 5.41) is 3.16. The van der Waals surface area contributed by atoms with Crippen molar-refractivity contribution < 1.29 is 8.78 Å². The molecule has 3 rings (SSSR count). The van der Waals surface area contributed by atoms with Crippen molar-refractivity contribution in [2.24, 2.45) is 0 Å². The SMILES string of the molecule is C=C(c1ncc(F)c(NC2CCCCC2)n1)c1cc(F)cnc1C. The smallest absolute Gasteiger partial charge is 0.183 e. The highest BCUT2D eigenvalue weighted by Gasteiger charge is 2.18. The number of nitrogens with zero attached hydrogens (tertiary/aromatic N) is 3. The van der Waals surface area contributed by atoms with Gasteiger partial charge < -0.3 is 5.32 Å². The fraction of sp³-hybridized carbons (Fsp3) is 0.389. The zero-order valence-corrected chi connectivity index (χ0v) is 13.6. The molecule has 0 spiro atoms. The van der Waals surface area contributed by atoms with Gasteiger partial charge in [-0.1, -0.05) is 25.8 Å². The molecule has 1 fully saturated rings. The van der Waals surface area contributed by atoms with Gasteiger partial charge in [0.1, 0.15) is 5.82 Å². The Morgan fingerprint density at radius 3 is 2.67 bits per heavy atom. The van der Waals surface area contributed by atoms with E-state index in [-0.39, 0.29) is 17.7 Å². The molecule has 1 N–H and O–H groups in total. The van der Waals surface area contributed by atoms with Gasteiger partial charge in [0.15, 0.2) is 17.5 Å². The van der Waals surface area contributed by atoms with Gasteiger partial charge in [-0.3, -0.25) is 4.98 Å². The van der Waals surface area contributed by atoms with Gasteiger partial charge in [-0.05, 0) is 25.8 Å². The minimum Gasteiger partial charge on any atom is -0.365 e. The first-order chi connectivity index (χ1) is 11.5. The third-order valence-corrected chi connectivity index (χ3v) is 4.34. The topological polar surface area (TPSA) is 50.7 Å². The van der Waals surface area contributed by atoms with Crippen molar-refractivity contribution in [3.63, 3.8) is 0 Å². The molecule has 0 bridgehead atoms. The maximum atomic E-state index is 14.0. The summed E-state index contributed by atoms with van der Waals surface area (Å²) in [4.78, 5) is 12.2. The second-order valence-corrected chi connectivity index (χ2v) is 6.13. The van der Waals surface area contributed by atoms with Crippen LogP contribution in [0, 0.1) is 18.6 Å². The molecule has 0 unspecified atom stereocenters. The second-order valence-electron chi connectivity index (χ2n) is 6.13. The Kier molecular flexibility index (Phi) is 4.83. The lowest BCUT2D eigenvalue weighted by atomic mass is 9.95. The van der Waals surface area contributed by atoms with Crippen LogP contribution in [0.3, 0.4) is 0 Å². The number of nitrogens with one attached hydrogen (secondary N) is 1. The van der Waals surface area contributed by atoms with Crippen molar-refractivity contribution in [2.45, 2.75) is 45.1 Å². The minimum atomic E-state index is -0.494. The summed E-state index contributed by atoms with van der Waals surface area (Å²) in [5.41, 5.74) is 1.56. The number of hydrogen-bond donors (Lipinski definition) is 1. The molecule has 0 atom stereocenters. The van der Waals surface area contributed by atoms with Gasteiger partial charge in [0, 0.05) is 22.9 Å². The summed E-state index contributed by atoms with van der Waals surface area (Å²) in [6.45, 7) is 5.69. The number of aryl methyl sites for hydroxylation is 1. The van der Waals surface area contributed by atoms with E-state index in [1.165, 1.54) is 12.5 Å². The van der Waals surface area contributed by atoms with E-state index in [0.717, 1.165) is 38.1 Å². The molecular formula is C18H20F2N4. The third-order valence-electron chi connectivity index (χ3n) is 4.34. The molecule has 1 saturated carbocycles. The van der Waals surface area contributed by atoms with E-state index in [4.69, 9.17) is 0 Å². The zero-order chi connectivity index (χ0) is 17.1. The maximum absolute atomic E-state index is 14.0. The Bertz CT molecular complexity index is 755. The molecule has 2 aromatic heterocycles. The molecule has 4 nitrogen and oxygen atoms in total. The monoisotopic (exact) mass is 330 g/mol. The van der Waals surface area contributed by atoms with Gasteiger partial charge in [-0.25, -0.2) is 18.7 Å². The van der Waals surface area contributed by atoms with Crippen molar-refractivity contribution in [1.29, 1.82) is 0 Å². The van der Waals surface area contributed by atoms with Gasteiger partial charge in [-0.2, -0.15) is 0 Å². The van der Waals surface area contributed by atoms with E-state index in [1.54, 1.807) is 6.92 Å². The van der Waals surface area contributed by atoms with Gasteiger partial charge >= 0.3 is 0 Å². The number of halogens is 2. The van der Waals surface area contributed by atoms with Gasteiger partial charge in [0.25, 0.3) is 0 Å². The van der Waals surface area contributed by atoms with Crippen LogP contribution in [0.25, 0.3) is 5.57 Å². The summed E-state index contributed by atoms with van der Waals surface area (Å²) in [5.74, 6) is -0.508. The molecule has 1 aliphatic carbocycles. The molecule has 0 aliphatic heterocycles. The standard InChI is InChI=1S/C18H20F2N4/c1-11(15-8-13(19)9-21-12(15)2)17-22-10-16(20)18(24-17)23-14-6-4-3-5-7-14/h8-10,14H,1,3-7H2,2H3,(H,22,23,24). The van der Waals surface area contributed by atoms with Crippen LogP contribution in [0.4, 0.5) is 14.6 Å². The first kappa shape index (κ1) is 16.5. The summed E-state index contributed by atoms with van der Waals surface area (Å²) in [7, 11) is 0. The molecule has 2 heterocycles. The molecule has 24 heavy (non-hydrogen) atoms. The summed E-state index contributed by atoms with van der Waals surface area (Å²) in [6.07, 6.45) is 7.78. The van der Waals surface area contributed by atoms with Crippen LogP contribution in [0.2, 0.25) is 0 Å². The van der Waals surface area contributed by atoms with Crippen molar-refractivity contribution in [3.05, 3.63) is 53.8 Å². The van der Waals surface area contributed by atoms with Crippen molar-refractivity contribution in [2.75, 3.05) is 5.32 Å². The molecule has 0 saturated heterocycles. The Morgan fingerprint density at radius 2 is 1.92 bits per heavy atom. The van der Waals surface area contributed by atoms with Gasteiger partial charge in [0.05, 0.1) is 12.4 Å². The number of hydrogen-bond acceptors (Lipinski definition) is 4. The molecule has 1 aliphatic rings. The lowest BCUT2D eigenvalue weighted by molar-refractivity contribution is 0.459. The largest absolute Gasteiger partial charge is 0.365 e. The molecule has 0 amide bonds. The molecule has 0 aromatic carbocycles. The molecule has 126 valence electrons. The number of aromatic nitrogens is 3. The number of rotatable bonds is 4. The van der Waals surface area contributed by atoms with E-state index in [2.05, 4.69) is 26.8 Å². The Hall–Kier alpha value is -2.37. The molecule has 0 radical (unpaired) electrons. The van der Waals surface area contributed by atoms with E-state index in [9.17, 15) is 8.78 Å². The predicted molar refractivity (Wildman–Crippen MR) is 89.6 cm³/mol. The van der Waals surface area contributed by atoms with Crippen LogP contribution in [-0.4, -0.2) is 21.0 Å². The highest BCUT2D eigenvalue weighted by Crippen LogP contribution is 2.25. The average Bonchev–Trinajstić information content (AvgIpc) is 2.59. The zero-order valence-electron chi connectivity index (χ0n) is 13.6. The molecule has 2 aromatic rings. The predicted octanol–water partition coefficient (Wildman–Crippen LogP) is 4.26. The van der Waals surface area contributed by atoms with Crippen LogP contribution in [0.1, 0.15) is 49.2 Å². The van der Waals surface area contributed by atoms with Crippen LogP contribution in [0.5, 0.6) is 0 Å². The lowest BCUT2D eigenvalue weighted by Crippen LogP contribution is -2.24. The van der Waals surface area contributed by atoms with Crippen molar-refractivity contribution >= 4 is 11.4 Å². The van der Waals surface area contributed by atoms with Gasteiger partial charge in [-0.15, -0.1) is 0 Å². The van der Waals surface area contributed by atoms with E-state index >= 15 is 0 Å². The summed E-state index contributed by atoms with van der Waals surface area (Å²) in [6, 6.07) is 1.56. The van der Waals surface area contributed by atoms with E-state index in [1.807, 2.05) is 0 Å². The fourth-order valence-corrected chi connectivity index (χ4v) is 2.99. The first-order valence-corrected chi connectivity index (χ1v) is 8.15. The highest BCUT2D eigenvalue weighted by atomic mass is 19.1. The van der Waals surface area contributed by atoms with Gasteiger partial charge in [0.2, 0.25) is 0 Å². The summed E-state index contributed by atoms with van der Waals surface area (Å²) >= 11 is 0. The maximum Gasteiger partial charge on any atom is 0.183 e. The Morgan fingerprint density at radius 1 is 1.17 bits per heavy atom. The average molecular weight is 330 g/mol. The lowest BCUT2D eigenvalue weighted by Gasteiger charge is -2.23. The van der Waals surface area contributed by atoms with Crippen LogP contribution in [-0.2, 0) is 0 Å². The van der Waals surface area contributed by atoms with Crippen molar-refractivity contribution in [3.8, 4) is 0 Å².